The predicted molar refractivity (Wildman–Crippen MR) is 44.3 cm³/mol. The number of nitrogens with two attached hydrogens (primary N) is 1. The van der Waals surface area contributed by atoms with Gasteiger partial charge in [-0.1, -0.05) is 0 Å². The van der Waals surface area contributed by atoms with Gasteiger partial charge in [0.15, 0.2) is 0 Å². The number of hydrogen-bond donors (Lipinski definition) is 1. The van der Waals surface area contributed by atoms with Gasteiger partial charge >= 0.3 is 18.3 Å². The zero-order valence-corrected chi connectivity index (χ0v) is 7.52. The van der Waals surface area contributed by atoms with Gasteiger partial charge in [-0.2, -0.15) is 0 Å². The molecule has 0 radical (unpaired) electrons. The second-order valence-corrected chi connectivity index (χ2v) is 2.50. The van der Waals surface area contributed by atoms with Crippen molar-refractivity contribution in [3.05, 3.63) is 12.8 Å². The zero-order valence-electron chi connectivity index (χ0n) is 7.52. The summed E-state index contributed by atoms with van der Waals surface area (Å²) in [6.45, 7) is 7.94. The smallest absolute Gasteiger partial charge is 0.404 e. The Hall–Kier alpha value is -1.61. The molecule has 5 heteroatoms. The lowest BCUT2D eigenvalue weighted by molar-refractivity contribution is -0.145. The first-order valence-corrected chi connectivity index (χ1v) is 3.69. The quantitative estimate of drug-likeness (QED) is 0.396. The van der Waals surface area contributed by atoms with Crippen molar-refractivity contribution >= 4 is 12.1 Å². The van der Waals surface area contributed by atoms with Gasteiger partial charge in [0, 0.05) is 0 Å². The molecule has 72 valence electrons. The zero-order chi connectivity index (χ0) is 10.4. The maximum Gasteiger partial charge on any atom is 0.404 e. The molecule has 0 aromatic heterocycles. The molecule has 0 spiro atoms. The number of esters is 1. The van der Waals surface area contributed by atoms with Crippen molar-refractivity contribution in [2.45, 2.75) is 20.0 Å². The lowest BCUT2D eigenvalue weighted by atomic mass is 10.1. The van der Waals surface area contributed by atoms with E-state index in [0.29, 0.717) is 0 Å². The Bertz CT molecular complexity index is 214. The Morgan fingerprint density at radius 2 is 2.00 bits per heavy atom. The van der Waals surface area contributed by atoms with E-state index in [1.165, 1.54) is 6.92 Å². The number of rotatable bonds is 4. The van der Waals surface area contributed by atoms with Crippen LogP contribution in [-0.4, -0.2) is 18.2 Å². The third-order valence-corrected chi connectivity index (χ3v) is 1.56. The fourth-order valence-electron chi connectivity index (χ4n) is 0.651. The topological polar surface area (TPSA) is 78.6 Å². The minimum atomic E-state index is -0.927. The maximum atomic E-state index is 11.0. The van der Waals surface area contributed by atoms with Crippen LogP contribution < -0.4 is 5.73 Å². The van der Waals surface area contributed by atoms with Crippen LogP contribution in [0.1, 0.15) is 13.8 Å². The molecule has 2 N–H and O–H groups in total. The Morgan fingerprint density at radius 3 is 2.38 bits per heavy atom. The number of carbonyl (C=O) groups is 2. The minimum absolute atomic E-state index is 0.573. The van der Waals surface area contributed by atoms with Crippen LogP contribution in [0.3, 0.4) is 0 Å². The molecule has 13 heavy (non-hydrogen) atoms. The van der Waals surface area contributed by atoms with E-state index in [9.17, 15) is 9.59 Å². The molecule has 0 saturated heterocycles. The summed E-state index contributed by atoms with van der Waals surface area (Å²) < 4.78 is 8.95. The van der Waals surface area contributed by atoms with E-state index < -0.39 is 24.1 Å². The summed E-state index contributed by atoms with van der Waals surface area (Å²) >= 11 is 0. The number of carbonyl (C=O) groups excluding carboxylic acids is 2. The summed E-state index contributed by atoms with van der Waals surface area (Å²) in [5, 5.41) is 0. The van der Waals surface area contributed by atoms with E-state index in [2.05, 4.69) is 9.47 Å². The summed E-state index contributed by atoms with van der Waals surface area (Å²) in [6.07, 6.45) is -0.788. The molecule has 0 heterocycles. The van der Waals surface area contributed by atoms with Crippen LogP contribution in [0.2, 0.25) is 0 Å². The van der Waals surface area contributed by atoms with Crippen LogP contribution in [0.4, 0.5) is 4.79 Å². The lowest BCUT2D eigenvalue weighted by Gasteiger charge is -2.15. The van der Waals surface area contributed by atoms with Crippen LogP contribution in [0, 0.1) is 12.5 Å². The Morgan fingerprint density at radius 1 is 1.46 bits per heavy atom. The highest BCUT2D eigenvalue weighted by atomic mass is 16.6. The molecule has 0 aromatic carbocycles. The van der Waals surface area contributed by atoms with Crippen LogP contribution in [0.5, 0.6) is 0 Å². The average Bonchev–Trinajstić information content (AvgIpc) is 2.02. The van der Waals surface area contributed by atoms with Gasteiger partial charge in [-0.25, -0.2) is 4.79 Å². The van der Waals surface area contributed by atoms with Gasteiger partial charge in [-0.15, -0.1) is 0 Å². The summed E-state index contributed by atoms with van der Waals surface area (Å²) in [7, 11) is 0. The lowest BCUT2D eigenvalue weighted by Crippen LogP contribution is -2.30. The van der Waals surface area contributed by atoms with Crippen LogP contribution in [0.25, 0.3) is 0 Å². The van der Waals surface area contributed by atoms with Gasteiger partial charge in [0.2, 0.25) is 6.58 Å². The van der Waals surface area contributed by atoms with Gasteiger partial charge in [0.1, 0.15) is 6.10 Å². The molecule has 0 aliphatic rings. The highest BCUT2D eigenvalue weighted by Gasteiger charge is 2.24. The van der Waals surface area contributed by atoms with Crippen LogP contribution in [0.15, 0.2) is 6.26 Å². The molecule has 0 rings (SSSR count). The monoisotopic (exact) mass is 186 g/mol. The molecule has 5 nitrogen and oxygen atoms in total. The van der Waals surface area contributed by atoms with Crippen molar-refractivity contribution in [2.75, 3.05) is 0 Å². The first-order valence-electron chi connectivity index (χ1n) is 3.69. The minimum Gasteiger partial charge on any atom is -0.446 e. The van der Waals surface area contributed by atoms with Gasteiger partial charge in [0.25, 0.3) is 0 Å². The largest absolute Gasteiger partial charge is 0.446 e. The van der Waals surface area contributed by atoms with Crippen molar-refractivity contribution in [1.29, 1.82) is 0 Å². The molecule has 0 aliphatic carbocycles. The highest BCUT2D eigenvalue weighted by Crippen LogP contribution is 2.08. The average molecular weight is 186 g/mol. The second kappa shape index (κ2) is 5.11. The predicted octanol–water partition coefficient (Wildman–Crippen LogP) is 0.596. The Balaban J connectivity index is 4.07. The molecule has 0 saturated carbocycles. The van der Waals surface area contributed by atoms with Crippen molar-refractivity contribution in [3.63, 3.8) is 0 Å². The highest BCUT2D eigenvalue weighted by molar-refractivity contribution is 5.74. The van der Waals surface area contributed by atoms with Gasteiger partial charge < -0.3 is 15.2 Å². The van der Waals surface area contributed by atoms with E-state index in [1.807, 2.05) is 0 Å². The van der Waals surface area contributed by atoms with Crippen molar-refractivity contribution in [3.8, 4) is 0 Å². The van der Waals surface area contributed by atoms with E-state index in [-0.39, 0.29) is 0 Å². The molecule has 1 amide bonds. The first kappa shape index (κ1) is 11.4. The standard InChI is InChI=1S/C8H11NO4/c1-4-12-7(10)5(2)6(3)13-8(9)11/h1,4-6H,2-3H3,(H-,9,11)/p+1. The summed E-state index contributed by atoms with van der Waals surface area (Å²) in [5.41, 5.74) is 4.76. The van der Waals surface area contributed by atoms with Crippen LogP contribution in [-0.2, 0) is 14.3 Å². The first-order chi connectivity index (χ1) is 5.99. The second-order valence-electron chi connectivity index (χ2n) is 2.50. The van der Waals surface area contributed by atoms with Crippen molar-refractivity contribution in [2.24, 2.45) is 11.7 Å². The molecule has 0 aromatic rings. The third-order valence-electron chi connectivity index (χ3n) is 1.56. The molecule has 2 atom stereocenters. The molecule has 0 aliphatic heterocycles. The summed E-state index contributed by atoms with van der Waals surface area (Å²) in [6, 6.07) is 0. The van der Waals surface area contributed by atoms with Gasteiger partial charge in [-0.05, 0) is 13.8 Å². The third kappa shape index (κ3) is 4.08. The van der Waals surface area contributed by atoms with E-state index in [1.54, 1.807) is 6.92 Å². The fourth-order valence-corrected chi connectivity index (χ4v) is 0.651. The van der Waals surface area contributed by atoms with E-state index in [0.717, 1.165) is 6.26 Å². The summed E-state index contributed by atoms with van der Waals surface area (Å²) in [4.78, 5) is 21.3. The van der Waals surface area contributed by atoms with Crippen molar-refractivity contribution < 1.29 is 19.1 Å². The number of ether oxygens (including phenoxy) is 2. The number of hydrogen-bond acceptors (Lipinski definition) is 4. The van der Waals surface area contributed by atoms with Gasteiger partial charge in [-0.3, -0.25) is 4.79 Å². The molecule has 0 bridgehead atoms. The van der Waals surface area contributed by atoms with Crippen LogP contribution >= 0.6 is 0 Å². The normalized spacial score (nSPS) is 13.9. The van der Waals surface area contributed by atoms with E-state index >= 15 is 0 Å². The molecular formula is C8H12NO4+. The Labute approximate surface area is 76.5 Å². The molecule has 0 fully saturated rings. The molecular weight excluding hydrogens is 174 g/mol. The molecule has 2 unspecified atom stereocenters. The maximum absolute atomic E-state index is 11.0. The number of amides is 1. The SMILES string of the molecule is [CH+]=COC(=O)C(C)C(C)OC(N)=O. The van der Waals surface area contributed by atoms with E-state index in [4.69, 9.17) is 12.3 Å². The fraction of sp³-hybridized carbons (Fsp3) is 0.500. The number of primary amides is 1. The summed E-state index contributed by atoms with van der Waals surface area (Å²) in [5.74, 6) is -1.18. The van der Waals surface area contributed by atoms with Crippen molar-refractivity contribution in [1.82, 2.24) is 0 Å². The van der Waals surface area contributed by atoms with Gasteiger partial charge in [0.05, 0.1) is 5.92 Å². The Kier molecular flexibility index (Phi) is 4.48.